The first kappa shape index (κ1) is 18.9. The zero-order valence-electron chi connectivity index (χ0n) is 16.0. The Kier molecular flexibility index (Phi) is 5.68. The van der Waals surface area contributed by atoms with Gasteiger partial charge in [-0.3, -0.25) is 5.01 Å². The summed E-state index contributed by atoms with van der Waals surface area (Å²) in [5, 5.41) is 19.9. The molecule has 0 bridgehead atoms. The van der Waals surface area contributed by atoms with Crippen molar-refractivity contribution in [3.8, 4) is 11.8 Å². The highest BCUT2D eigenvalue weighted by molar-refractivity contribution is 7.18. The normalized spacial score (nSPS) is 10.8. The van der Waals surface area contributed by atoms with Crippen molar-refractivity contribution in [2.24, 2.45) is 0 Å². The number of nitriles is 1. The monoisotopic (exact) mass is 404 g/mol. The molecule has 0 fully saturated rings. The fourth-order valence-corrected chi connectivity index (χ4v) is 3.88. The summed E-state index contributed by atoms with van der Waals surface area (Å²) in [6.07, 6.45) is 5.45. The summed E-state index contributed by atoms with van der Waals surface area (Å²) in [5.41, 5.74) is 2.50. The minimum atomic E-state index is 0.551. The number of nitrogens with zero attached hydrogens (tertiary/aromatic N) is 6. The van der Waals surface area contributed by atoms with E-state index in [1.54, 1.807) is 36.1 Å². The maximum absolute atomic E-state index is 9.05. The van der Waals surface area contributed by atoms with Crippen LogP contribution in [0.4, 0.5) is 5.69 Å². The predicted molar refractivity (Wildman–Crippen MR) is 113 cm³/mol. The van der Waals surface area contributed by atoms with Crippen molar-refractivity contribution in [3.05, 3.63) is 65.7 Å². The van der Waals surface area contributed by atoms with E-state index in [0.29, 0.717) is 12.1 Å². The number of hydrogen-bond acceptors (Lipinski definition) is 7. The number of unbranched alkanes of at least 4 members (excludes halogenated alkanes) is 1. The summed E-state index contributed by atoms with van der Waals surface area (Å²) in [6.45, 7) is 3.43. The third-order valence-electron chi connectivity index (χ3n) is 4.44. The maximum atomic E-state index is 9.05. The Bertz CT molecular complexity index is 1110. The van der Waals surface area contributed by atoms with Crippen molar-refractivity contribution in [3.63, 3.8) is 0 Å². The smallest absolute Gasteiger partial charge is 0.139 e. The second-order valence-corrected chi connectivity index (χ2v) is 7.61. The van der Waals surface area contributed by atoms with Crippen molar-refractivity contribution < 1.29 is 4.74 Å². The number of fused-ring (bicyclic) bond motifs is 1. The van der Waals surface area contributed by atoms with E-state index >= 15 is 0 Å². The quantitative estimate of drug-likeness (QED) is 0.405. The molecule has 2 aromatic carbocycles. The van der Waals surface area contributed by atoms with Gasteiger partial charge in [0, 0.05) is 0 Å². The van der Waals surface area contributed by atoms with Gasteiger partial charge in [0.05, 0.1) is 40.7 Å². The van der Waals surface area contributed by atoms with Crippen LogP contribution in [0.15, 0.2) is 55.1 Å². The molecule has 0 N–H and O–H groups in total. The third kappa shape index (κ3) is 4.36. The summed E-state index contributed by atoms with van der Waals surface area (Å²) in [4.78, 5) is 4.77. The Labute approximate surface area is 172 Å². The van der Waals surface area contributed by atoms with Gasteiger partial charge in [0.25, 0.3) is 0 Å². The average Bonchev–Trinajstić information content (AvgIpc) is 3.41. The van der Waals surface area contributed by atoms with Gasteiger partial charge < -0.3 is 4.74 Å². The molecule has 29 heavy (non-hydrogen) atoms. The van der Waals surface area contributed by atoms with Crippen LogP contribution in [0.2, 0.25) is 0 Å². The van der Waals surface area contributed by atoms with Gasteiger partial charge in [-0.2, -0.15) is 5.26 Å². The van der Waals surface area contributed by atoms with Crippen LogP contribution in [0.1, 0.15) is 30.3 Å². The van der Waals surface area contributed by atoms with Crippen LogP contribution in [0.25, 0.3) is 10.2 Å². The Hall–Kier alpha value is -3.44. The van der Waals surface area contributed by atoms with Gasteiger partial charge in [-0.05, 0) is 48.9 Å². The summed E-state index contributed by atoms with van der Waals surface area (Å²) in [5.74, 6) is 0.879. The van der Waals surface area contributed by atoms with Crippen LogP contribution in [-0.2, 0) is 6.54 Å². The number of rotatable bonds is 8. The van der Waals surface area contributed by atoms with Crippen LogP contribution in [-0.4, -0.2) is 26.5 Å². The van der Waals surface area contributed by atoms with E-state index in [4.69, 9.17) is 15.0 Å². The first-order valence-electron chi connectivity index (χ1n) is 9.41. The zero-order chi connectivity index (χ0) is 20.1. The van der Waals surface area contributed by atoms with Crippen LogP contribution >= 0.6 is 11.3 Å². The molecule has 0 amide bonds. The molecule has 2 aromatic heterocycles. The number of hydrogen-bond donors (Lipinski definition) is 0. The molecule has 0 aliphatic heterocycles. The molecule has 4 aromatic rings. The van der Waals surface area contributed by atoms with Crippen molar-refractivity contribution in [1.29, 1.82) is 5.26 Å². The third-order valence-corrected chi connectivity index (χ3v) is 5.44. The lowest BCUT2D eigenvalue weighted by molar-refractivity contribution is 0.310. The molecule has 8 heteroatoms. The van der Waals surface area contributed by atoms with Gasteiger partial charge in [0.2, 0.25) is 0 Å². The molecule has 2 heterocycles. The lowest BCUT2D eigenvalue weighted by Crippen LogP contribution is -2.27. The van der Waals surface area contributed by atoms with Crippen LogP contribution in [0.5, 0.6) is 5.75 Å². The molecular formula is C21H20N6OS. The number of benzene rings is 2. The number of ether oxygens (including phenoxy) is 1. The zero-order valence-corrected chi connectivity index (χ0v) is 16.8. The second-order valence-electron chi connectivity index (χ2n) is 6.50. The first-order valence-corrected chi connectivity index (χ1v) is 10.2. The topological polar surface area (TPSA) is 79.9 Å². The largest absolute Gasteiger partial charge is 0.494 e. The van der Waals surface area contributed by atoms with Gasteiger partial charge in [-0.15, -0.1) is 21.5 Å². The predicted octanol–water partition coefficient (Wildman–Crippen LogP) is 4.41. The van der Waals surface area contributed by atoms with Crippen LogP contribution in [0, 0.1) is 11.3 Å². The minimum Gasteiger partial charge on any atom is -0.494 e. The van der Waals surface area contributed by atoms with Crippen molar-refractivity contribution in [2.45, 2.75) is 26.3 Å². The molecule has 0 unspecified atom stereocenters. The molecular weight excluding hydrogens is 384 g/mol. The van der Waals surface area contributed by atoms with Gasteiger partial charge >= 0.3 is 0 Å². The van der Waals surface area contributed by atoms with Crippen molar-refractivity contribution >= 4 is 27.2 Å². The molecule has 4 rings (SSSR count). The summed E-state index contributed by atoms with van der Waals surface area (Å²) in [7, 11) is 0. The molecule has 7 nitrogen and oxygen atoms in total. The number of anilines is 1. The Balaban J connectivity index is 1.60. The molecule has 0 atom stereocenters. The van der Waals surface area contributed by atoms with Gasteiger partial charge in [-0.1, -0.05) is 13.3 Å². The fraction of sp³-hybridized carbons (Fsp3) is 0.238. The number of aromatic nitrogens is 4. The molecule has 0 saturated carbocycles. The van der Waals surface area contributed by atoms with E-state index < -0.39 is 0 Å². The molecule has 0 aliphatic rings. The lowest BCUT2D eigenvalue weighted by atomic mass is 10.2. The van der Waals surface area contributed by atoms with Crippen LogP contribution in [0.3, 0.4) is 0 Å². The summed E-state index contributed by atoms with van der Waals surface area (Å²) in [6, 6.07) is 15.6. The van der Waals surface area contributed by atoms with Gasteiger partial charge in [0.15, 0.2) is 0 Å². The van der Waals surface area contributed by atoms with E-state index in [2.05, 4.69) is 29.3 Å². The Morgan fingerprint density at radius 3 is 2.66 bits per heavy atom. The highest BCUT2D eigenvalue weighted by Gasteiger charge is 2.14. The van der Waals surface area contributed by atoms with E-state index in [1.807, 2.05) is 34.0 Å². The van der Waals surface area contributed by atoms with E-state index in [-0.39, 0.29) is 0 Å². The van der Waals surface area contributed by atoms with Gasteiger partial charge in [0.1, 0.15) is 23.4 Å². The first-order chi connectivity index (χ1) is 14.3. The Morgan fingerprint density at radius 2 is 1.93 bits per heavy atom. The second kappa shape index (κ2) is 8.71. The molecule has 0 aliphatic carbocycles. The molecule has 0 radical (unpaired) electrons. The average molecular weight is 404 g/mol. The Morgan fingerprint density at radius 1 is 1.14 bits per heavy atom. The SMILES string of the molecule is CCCCOc1ccc2nc(CN(c3ccc(C#N)cc3)n3cnnc3)sc2c1. The standard InChI is InChI=1S/C21H20N6OS/c1-2-3-10-28-18-8-9-19-20(11-18)29-21(25-19)13-27(26-14-23-24-15-26)17-6-4-16(12-22)5-7-17/h4-9,11,14-15H,2-3,10,13H2,1H3. The van der Waals surface area contributed by atoms with E-state index in [9.17, 15) is 0 Å². The maximum Gasteiger partial charge on any atom is 0.139 e. The van der Waals surface area contributed by atoms with Gasteiger partial charge in [-0.25, -0.2) is 9.66 Å². The summed E-state index contributed by atoms with van der Waals surface area (Å²) < 4.78 is 8.72. The molecule has 146 valence electrons. The lowest BCUT2D eigenvalue weighted by Gasteiger charge is -2.23. The minimum absolute atomic E-state index is 0.551. The van der Waals surface area contributed by atoms with E-state index in [0.717, 1.165) is 46.1 Å². The highest BCUT2D eigenvalue weighted by atomic mass is 32.1. The van der Waals surface area contributed by atoms with Crippen LogP contribution < -0.4 is 9.75 Å². The van der Waals surface area contributed by atoms with E-state index in [1.165, 1.54) is 0 Å². The van der Waals surface area contributed by atoms with Crippen molar-refractivity contribution in [2.75, 3.05) is 11.6 Å². The summed E-state index contributed by atoms with van der Waals surface area (Å²) >= 11 is 1.64. The fourth-order valence-electron chi connectivity index (χ4n) is 2.91. The molecule has 0 saturated heterocycles. The number of thiazole rings is 1. The highest BCUT2D eigenvalue weighted by Crippen LogP contribution is 2.28. The van der Waals surface area contributed by atoms with Crippen molar-refractivity contribution in [1.82, 2.24) is 19.9 Å². The molecule has 0 spiro atoms.